The number of rotatable bonds is 6. The van der Waals surface area contributed by atoms with Gasteiger partial charge >= 0.3 is 0 Å². The lowest BCUT2D eigenvalue weighted by atomic mass is 9.88. The fourth-order valence-corrected chi connectivity index (χ4v) is 5.90. The van der Waals surface area contributed by atoms with Gasteiger partial charge in [0.05, 0.1) is 17.6 Å². The molecule has 0 bridgehead atoms. The smallest absolute Gasteiger partial charge is 0.181 e. The molecular weight excluding hydrogens is 452 g/mol. The summed E-state index contributed by atoms with van der Waals surface area (Å²) in [5.74, 6) is 0.862. The zero-order valence-corrected chi connectivity index (χ0v) is 20.1. The van der Waals surface area contributed by atoms with Crippen molar-refractivity contribution >= 4 is 9.84 Å². The van der Waals surface area contributed by atoms with Crippen molar-refractivity contribution < 1.29 is 13.2 Å². The molecule has 3 aromatic rings. The summed E-state index contributed by atoms with van der Waals surface area (Å²) >= 11 is 0. The number of aromatic nitrogens is 4. The number of H-pyrrole nitrogens is 1. The standard InChI is InChI=1S/C24H30N6O3S/c1-34(31,32)22-4-2-3-21(23(22)24-26-28-29-27-24)19-7-5-17(6-8-19)18-9-12-30(13-10-18)16-20-15-25-11-14-33-20/h2-8,18,20,25H,9-16H2,1H3,(H,26,27,28,29)/t20-/m1/s1. The number of hydrogen-bond acceptors (Lipinski definition) is 8. The molecular formula is C24H30N6O3S. The quantitative estimate of drug-likeness (QED) is 0.549. The molecule has 0 radical (unpaired) electrons. The Labute approximate surface area is 199 Å². The normalized spacial score (nSPS) is 20.4. The number of aromatic amines is 1. The molecule has 0 aliphatic carbocycles. The van der Waals surface area contributed by atoms with Gasteiger partial charge in [0.2, 0.25) is 0 Å². The van der Waals surface area contributed by atoms with E-state index in [1.165, 1.54) is 11.8 Å². The Morgan fingerprint density at radius 3 is 2.56 bits per heavy atom. The molecule has 2 N–H and O–H groups in total. The molecule has 0 saturated carbocycles. The third-order valence-corrected chi connectivity index (χ3v) is 7.89. The number of piperidine rings is 1. The van der Waals surface area contributed by atoms with Gasteiger partial charge in [-0.25, -0.2) is 13.5 Å². The van der Waals surface area contributed by atoms with E-state index >= 15 is 0 Å². The molecule has 180 valence electrons. The number of nitrogens with zero attached hydrogens (tertiary/aromatic N) is 4. The van der Waals surface area contributed by atoms with E-state index in [0.717, 1.165) is 63.3 Å². The second-order valence-corrected chi connectivity index (χ2v) is 11.1. The number of ether oxygens (including phenoxy) is 1. The van der Waals surface area contributed by atoms with Crippen LogP contribution >= 0.6 is 0 Å². The fraction of sp³-hybridized carbons (Fsp3) is 0.458. The van der Waals surface area contributed by atoms with Crippen molar-refractivity contribution in [3.05, 3.63) is 48.0 Å². The number of sulfone groups is 1. The molecule has 2 aliphatic heterocycles. The van der Waals surface area contributed by atoms with Crippen LogP contribution in [0.2, 0.25) is 0 Å². The van der Waals surface area contributed by atoms with Crippen LogP contribution in [0.15, 0.2) is 47.4 Å². The first-order valence-electron chi connectivity index (χ1n) is 11.7. The first kappa shape index (κ1) is 23.1. The predicted octanol–water partition coefficient (Wildman–Crippen LogP) is 2.10. The minimum absolute atomic E-state index is 0.206. The lowest BCUT2D eigenvalue weighted by Gasteiger charge is -2.35. The first-order chi connectivity index (χ1) is 16.5. The molecule has 1 atom stereocenters. The number of nitrogens with one attached hydrogen (secondary N) is 2. The van der Waals surface area contributed by atoms with Gasteiger partial charge in [0.25, 0.3) is 0 Å². The molecule has 2 aromatic carbocycles. The molecule has 0 unspecified atom stereocenters. The van der Waals surface area contributed by atoms with Crippen molar-refractivity contribution in [1.29, 1.82) is 0 Å². The maximum Gasteiger partial charge on any atom is 0.181 e. The Morgan fingerprint density at radius 1 is 1.12 bits per heavy atom. The summed E-state index contributed by atoms with van der Waals surface area (Å²) in [6, 6.07) is 13.7. The van der Waals surface area contributed by atoms with Crippen LogP contribution in [0.25, 0.3) is 22.5 Å². The van der Waals surface area contributed by atoms with E-state index in [4.69, 9.17) is 4.74 Å². The van der Waals surface area contributed by atoms with Gasteiger partial charge in [0, 0.05) is 31.5 Å². The highest BCUT2D eigenvalue weighted by Gasteiger charge is 2.25. The van der Waals surface area contributed by atoms with Gasteiger partial charge in [0.15, 0.2) is 15.7 Å². The van der Waals surface area contributed by atoms with E-state index in [-0.39, 0.29) is 4.90 Å². The summed E-state index contributed by atoms with van der Waals surface area (Å²) in [7, 11) is -3.46. The number of morpholine rings is 1. The second kappa shape index (κ2) is 9.91. The Morgan fingerprint density at radius 2 is 1.91 bits per heavy atom. The lowest BCUT2D eigenvalue weighted by Crippen LogP contribution is -2.47. The van der Waals surface area contributed by atoms with E-state index in [2.05, 4.69) is 55.1 Å². The third kappa shape index (κ3) is 5.05. The van der Waals surface area contributed by atoms with Crippen LogP contribution in [0.1, 0.15) is 24.3 Å². The number of likely N-dealkylation sites (tertiary alicyclic amines) is 1. The third-order valence-electron chi connectivity index (χ3n) is 6.75. The van der Waals surface area contributed by atoms with Crippen molar-refractivity contribution in [2.75, 3.05) is 45.6 Å². The van der Waals surface area contributed by atoms with Gasteiger partial charge in [-0.3, -0.25) is 0 Å². The first-order valence-corrected chi connectivity index (χ1v) is 13.6. The van der Waals surface area contributed by atoms with E-state index in [1.54, 1.807) is 12.1 Å². The van der Waals surface area contributed by atoms with Gasteiger partial charge in [-0.15, -0.1) is 5.10 Å². The molecule has 2 fully saturated rings. The maximum atomic E-state index is 12.4. The average Bonchev–Trinajstić information content (AvgIpc) is 3.39. The molecule has 5 rings (SSSR count). The molecule has 0 spiro atoms. The molecule has 1 aromatic heterocycles. The second-order valence-electron chi connectivity index (χ2n) is 9.09. The van der Waals surface area contributed by atoms with E-state index < -0.39 is 9.84 Å². The number of benzene rings is 2. The van der Waals surface area contributed by atoms with Gasteiger partial charge in [-0.2, -0.15) is 0 Å². The van der Waals surface area contributed by atoms with Crippen LogP contribution in [-0.4, -0.2) is 85.6 Å². The van der Waals surface area contributed by atoms with Gasteiger partial charge in [-0.1, -0.05) is 36.4 Å². The van der Waals surface area contributed by atoms with Crippen LogP contribution in [0.4, 0.5) is 0 Å². The highest BCUT2D eigenvalue weighted by molar-refractivity contribution is 7.90. The summed E-state index contributed by atoms with van der Waals surface area (Å²) in [6.07, 6.45) is 3.74. The Bertz CT molecular complexity index is 1200. The molecule has 2 saturated heterocycles. The van der Waals surface area contributed by atoms with E-state index in [0.29, 0.717) is 23.4 Å². The van der Waals surface area contributed by atoms with Crippen LogP contribution < -0.4 is 5.32 Å². The lowest BCUT2D eigenvalue weighted by molar-refractivity contribution is 0.00129. The van der Waals surface area contributed by atoms with Crippen molar-refractivity contribution in [3.8, 4) is 22.5 Å². The van der Waals surface area contributed by atoms with E-state index in [1.807, 2.05) is 6.07 Å². The van der Waals surface area contributed by atoms with Crippen molar-refractivity contribution in [1.82, 2.24) is 30.8 Å². The summed E-state index contributed by atoms with van der Waals surface area (Å²) < 4.78 is 30.8. The SMILES string of the molecule is CS(=O)(=O)c1cccc(-c2ccc(C3CCN(C[C@H]4CNCCO4)CC3)cc2)c1-c1nnn[nH]1. The van der Waals surface area contributed by atoms with Crippen LogP contribution in [0, 0.1) is 0 Å². The van der Waals surface area contributed by atoms with Crippen LogP contribution in [0.3, 0.4) is 0 Å². The van der Waals surface area contributed by atoms with E-state index in [9.17, 15) is 8.42 Å². The zero-order chi connectivity index (χ0) is 23.5. The Hall–Kier alpha value is -2.66. The van der Waals surface area contributed by atoms with Crippen molar-refractivity contribution in [2.24, 2.45) is 0 Å². The van der Waals surface area contributed by atoms with Crippen LogP contribution in [0.5, 0.6) is 0 Å². The molecule has 3 heterocycles. The predicted molar refractivity (Wildman–Crippen MR) is 129 cm³/mol. The molecule has 10 heteroatoms. The number of tetrazole rings is 1. The molecule has 9 nitrogen and oxygen atoms in total. The number of hydrogen-bond donors (Lipinski definition) is 2. The average molecular weight is 483 g/mol. The van der Waals surface area contributed by atoms with Gasteiger partial charge in [0.1, 0.15) is 0 Å². The summed E-state index contributed by atoms with van der Waals surface area (Å²) in [4.78, 5) is 2.72. The maximum absolute atomic E-state index is 12.4. The summed E-state index contributed by atoms with van der Waals surface area (Å²) in [5, 5.41) is 17.4. The molecule has 2 aliphatic rings. The Kier molecular flexibility index (Phi) is 6.73. The molecule has 0 amide bonds. The van der Waals surface area contributed by atoms with Gasteiger partial charge < -0.3 is 15.0 Å². The fourth-order valence-electron chi connectivity index (χ4n) is 5.00. The van der Waals surface area contributed by atoms with Crippen LogP contribution in [-0.2, 0) is 14.6 Å². The summed E-state index contributed by atoms with van der Waals surface area (Å²) in [5.41, 5.74) is 3.53. The monoisotopic (exact) mass is 482 g/mol. The highest BCUT2D eigenvalue weighted by atomic mass is 32.2. The topological polar surface area (TPSA) is 113 Å². The highest BCUT2D eigenvalue weighted by Crippen LogP contribution is 2.36. The molecule has 34 heavy (non-hydrogen) atoms. The van der Waals surface area contributed by atoms with Crippen molar-refractivity contribution in [3.63, 3.8) is 0 Å². The minimum atomic E-state index is -3.46. The summed E-state index contributed by atoms with van der Waals surface area (Å²) in [6.45, 7) is 5.83. The minimum Gasteiger partial charge on any atom is -0.374 e. The largest absolute Gasteiger partial charge is 0.374 e. The zero-order valence-electron chi connectivity index (χ0n) is 19.3. The Balaban J connectivity index is 1.32. The van der Waals surface area contributed by atoms with Gasteiger partial charge in [-0.05, 0) is 65.0 Å². The van der Waals surface area contributed by atoms with Crippen molar-refractivity contribution in [2.45, 2.75) is 29.8 Å².